The topological polar surface area (TPSA) is 59.4 Å². The smallest absolute Gasteiger partial charge is 0.222 e. The molecule has 1 aromatic rings. The lowest BCUT2D eigenvalue weighted by Gasteiger charge is -2.19. The molecule has 0 radical (unpaired) electrons. The second-order valence-corrected chi connectivity index (χ2v) is 5.70. The monoisotopic (exact) mass is 278 g/mol. The number of ether oxygens (including phenoxy) is 1. The van der Waals surface area contributed by atoms with Crippen molar-refractivity contribution in [3.05, 3.63) is 12.3 Å². The Kier molecular flexibility index (Phi) is 4.03. The molecule has 3 rings (SSSR count). The fourth-order valence-electron chi connectivity index (χ4n) is 3.06. The summed E-state index contributed by atoms with van der Waals surface area (Å²) in [6, 6.07) is 2.25. The molecule has 0 bridgehead atoms. The molecule has 2 aliphatic heterocycles. The standard InChI is InChI=1S/C14H22N4O2/c1-11(19)15-14-5-7-18(16-14)12-4-6-17(9-12)10-13-3-2-8-20-13/h5,7,12-13H,2-4,6,8-10H2,1H3,(H,15,16,19)/t12-,13-/m1/s1. The zero-order valence-electron chi connectivity index (χ0n) is 11.9. The van der Waals surface area contributed by atoms with Crippen molar-refractivity contribution >= 4 is 11.7 Å². The zero-order chi connectivity index (χ0) is 13.9. The third-order valence-corrected chi connectivity index (χ3v) is 4.02. The van der Waals surface area contributed by atoms with E-state index in [-0.39, 0.29) is 5.91 Å². The molecule has 0 aliphatic carbocycles. The third kappa shape index (κ3) is 3.19. The van der Waals surface area contributed by atoms with Crippen molar-refractivity contribution in [3.63, 3.8) is 0 Å². The number of aromatic nitrogens is 2. The average molecular weight is 278 g/mol. The summed E-state index contributed by atoms with van der Waals surface area (Å²) in [4.78, 5) is 13.5. The van der Waals surface area contributed by atoms with Crippen LogP contribution in [0.1, 0.15) is 32.2 Å². The number of amides is 1. The molecule has 1 N–H and O–H groups in total. The summed E-state index contributed by atoms with van der Waals surface area (Å²) >= 11 is 0. The minimum absolute atomic E-state index is 0.0818. The van der Waals surface area contributed by atoms with E-state index in [4.69, 9.17) is 4.74 Å². The Bertz CT molecular complexity index is 467. The number of anilines is 1. The van der Waals surface area contributed by atoms with Crippen LogP contribution in [0.25, 0.3) is 0 Å². The van der Waals surface area contributed by atoms with Crippen LogP contribution in [-0.4, -0.2) is 52.9 Å². The molecule has 1 amide bonds. The summed E-state index contributed by atoms with van der Waals surface area (Å²) in [5, 5.41) is 7.14. The minimum Gasteiger partial charge on any atom is -0.377 e. The van der Waals surface area contributed by atoms with E-state index in [2.05, 4.69) is 15.3 Å². The van der Waals surface area contributed by atoms with E-state index >= 15 is 0 Å². The van der Waals surface area contributed by atoms with Crippen molar-refractivity contribution in [1.82, 2.24) is 14.7 Å². The van der Waals surface area contributed by atoms with Crippen LogP contribution in [0.15, 0.2) is 12.3 Å². The van der Waals surface area contributed by atoms with E-state index in [0.717, 1.165) is 32.7 Å². The molecule has 2 fully saturated rings. The van der Waals surface area contributed by atoms with Crippen LogP contribution in [0.4, 0.5) is 5.82 Å². The Morgan fingerprint density at radius 3 is 3.20 bits per heavy atom. The quantitative estimate of drug-likeness (QED) is 0.901. The molecule has 0 spiro atoms. The highest BCUT2D eigenvalue weighted by atomic mass is 16.5. The Morgan fingerprint density at radius 1 is 1.55 bits per heavy atom. The molecular formula is C14H22N4O2. The lowest BCUT2D eigenvalue weighted by atomic mass is 10.2. The SMILES string of the molecule is CC(=O)Nc1ccn([C@@H]2CCN(C[C@H]3CCCO3)C2)n1. The molecule has 2 saturated heterocycles. The zero-order valence-corrected chi connectivity index (χ0v) is 11.9. The van der Waals surface area contributed by atoms with Crippen LogP contribution < -0.4 is 5.32 Å². The van der Waals surface area contributed by atoms with Gasteiger partial charge in [-0.2, -0.15) is 5.10 Å². The van der Waals surface area contributed by atoms with E-state index in [1.807, 2.05) is 16.9 Å². The first-order valence-corrected chi connectivity index (χ1v) is 7.37. The number of hydrogen-bond acceptors (Lipinski definition) is 4. The summed E-state index contributed by atoms with van der Waals surface area (Å²) in [5.74, 6) is 0.553. The van der Waals surface area contributed by atoms with Crippen molar-refractivity contribution in [2.75, 3.05) is 31.6 Å². The molecular weight excluding hydrogens is 256 g/mol. The summed E-state index contributed by atoms with van der Waals surface area (Å²) in [6.07, 6.45) is 5.86. The number of nitrogens with zero attached hydrogens (tertiary/aromatic N) is 3. The highest BCUT2D eigenvalue weighted by Crippen LogP contribution is 2.23. The van der Waals surface area contributed by atoms with Gasteiger partial charge in [0, 0.05) is 45.4 Å². The maximum atomic E-state index is 11.0. The fraction of sp³-hybridized carbons (Fsp3) is 0.714. The molecule has 6 heteroatoms. The van der Waals surface area contributed by atoms with Gasteiger partial charge in [-0.15, -0.1) is 0 Å². The highest BCUT2D eigenvalue weighted by Gasteiger charge is 2.27. The number of carbonyl (C=O) groups excluding carboxylic acids is 1. The first-order chi connectivity index (χ1) is 9.70. The molecule has 0 unspecified atom stereocenters. The van der Waals surface area contributed by atoms with Crippen molar-refractivity contribution in [2.45, 2.75) is 38.3 Å². The van der Waals surface area contributed by atoms with Crippen LogP contribution in [0.2, 0.25) is 0 Å². The molecule has 0 aromatic carbocycles. The molecule has 0 saturated carbocycles. The summed E-state index contributed by atoms with van der Waals surface area (Å²) < 4.78 is 7.67. The van der Waals surface area contributed by atoms with Gasteiger partial charge in [0.2, 0.25) is 5.91 Å². The lowest BCUT2D eigenvalue weighted by Crippen LogP contribution is -2.30. The second kappa shape index (κ2) is 5.93. The fourth-order valence-corrected chi connectivity index (χ4v) is 3.06. The van der Waals surface area contributed by atoms with Crippen LogP contribution >= 0.6 is 0 Å². The first-order valence-electron chi connectivity index (χ1n) is 7.37. The van der Waals surface area contributed by atoms with Crippen molar-refractivity contribution < 1.29 is 9.53 Å². The van der Waals surface area contributed by atoms with Gasteiger partial charge in [0.25, 0.3) is 0 Å². The Balaban J connectivity index is 1.53. The second-order valence-electron chi connectivity index (χ2n) is 5.70. The van der Waals surface area contributed by atoms with E-state index in [1.54, 1.807) is 0 Å². The van der Waals surface area contributed by atoms with E-state index in [1.165, 1.54) is 19.8 Å². The van der Waals surface area contributed by atoms with Gasteiger partial charge in [-0.1, -0.05) is 0 Å². The van der Waals surface area contributed by atoms with Crippen molar-refractivity contribution in [1.29, 1.82) is 0 Å². The molecule has 1 aromatic heterocycles. The van der Waals surface area contributed by atoms with Gasteiger partial charge >= 0.3 is 0 Å². The Labute approximate surface area is 119 Å². The van der Waals surface area contributed by atoms with Gasteiger partial charge < -0.3 is 10.1 Å². The molecule has 110 valence electrons. The number of likely N-dealkylation sites (tertiary alicyclic amines) is 1. The number of nitrogens with one attached hydrogen (secondary N) is 1. The predicted octanol–water partition coefficient (Wildman–Crippen LogP) is 1.27. The summed E-state index contributed by atoms with van der Waals surface area (Å²) in [7, 11) is 0. The van der Waals surface area contributed by atoms with Crippen molar-refractivity contribution in [2.24, 2.45) is 0 Å². The minimum atomic E-state index is -0.0818. The van der Waals surface area contributed by atoms with Crippen molar-refractivity contribution in [3.8, 4) is 0 Å². The largest absolute Gasteiger partial charge is 0.377 e. The molecule has 2 atom stereocenters. The van der Waals surface area contributed by atoms with E-state index in [0.29, 0.717) is 18.0 Å². The van der Waals surface area contributed by atoms with Gasteiger partial charge in [-0.25, -0.2) is 0 Å². The first kappa shape index (κ1) is 13.6. The molecule has 6 nitrogen and oxygen atoms in total. The third-order valence-electron chi connectivity index (χ3n) is 4.02. The maximum Gasteiger partial charge on any atom is 0.222 e. The highest BCUT2D eigenvalue weighted by molar-refractivity contribution is 5.87. The lowest BCUT2D eigenvalue weighted by molar-refractivity contribution is -0.114. The van der Waals surface area contributed by atoms with Crippen LogP contribution in [0.3, 0.4) is 0 Å². The average Bonchev–Trinajstić information content (AvgIpc) is 3.09. The van der Waals surface area contributed by atoms with Crippen LogP contribution in [-0.2, 0) is 9.53 Å². The van der Waals surface area contributed by atoms with E-state index < -0.39 is 0 Å². The Morgan fingerprint density at radius 2 is 2.45 bits per heavy atom. The van der Waals surface area contributed by atoms with Gasteiger partial charge in [0.1, 0.15) is 0 Å². The van der Waals surface area contributed by atoms with Gasteiger partial charge in [0.05, 0.1) is 12.1 Å². The van der Waals surface area contributed by atoms with Gasteiger partial charge in [-0.3, -0.25) is 14.4 Å². The normalized spacial score (nSPS) is 27.1. The number of rotatable bonds is 4. The molecule has 20 heavy (non-hydrogen) atoms. The number of carbonyl (C=O) groups is 1. The predicted molar refractivity (Wildman–Crippen MR) is 75.6 cm³/mol. The summed E-state index contributed by atoms with van der Waals surface area (Å²) in [5.41, 5.74) is 0. The van der Waals surface area contributed by atoms with E-state index in [9.17, 15) is 4.79 Å². The Hall–Kier alpha value is -1.40. The van der Waals surface area contributed by atoms with Crippen LogP contribution in [0.5, 0.6) is 0 Å². The molecule has 3 heterocycles. The molecule has 2 aliphatic rings. The number of hydrogen-bond donors (Lipinski definition) is 1. The summed E-state index contributed by atoms with van der Waals surface area (Å²) in [6.45, 7) is 5.57. The van der Waals surface area contributed by atoms with Gasteiger partial charge in [0.15, 0.2) is 5.82 Å². The maximum absolute atomic E-state index is 11.0. The van der Waals surface area contributed by atoms with Gasteiger partial charge in [-0.05, 0) is 19.3 Å². The van der Waals surface area contributed by atoms with Crippen LogP contribution in [0, 0.1) is 0 Å².